The van der Waals surface area contributed by atoms with Crippen molar-refractivity contribution in [2.24, 2.45) is 0 Å². The fourth-order valence-electron chi connectivity index (χ4n) is 1.93. The Morgan fingerprint density at radius 1 is 1.11 bits per heavy atom. The zero-order valence-electron chi connectivity index (χ0n) is 11.8. The average molecular weight is 300 g/mol. The molecule has 0 saturated heterocycles. The van der Waals surface area contributed by atoms with E-state index in [9.17, 15) is 8.42 Å². The summed E-state index contributed by atoms with van der Waals surface area (Å²) in [5.74, 6) is 0.184. The summed E-state index contributed by atoms with van der Waals surface area (Å²) in [6, 6.07) is 11.5. The van der Waals surface area contributed by atoms with Crippen molar-refractivity contribution in [1.29, 1.82) is 0 Å². The van der Waals surface area contributed by atoms with E-state index in [4.69, 9.17) is 0 Å². The van der Waals surface area contributed by atoms with Crippen molar-refractivity contribution < 1.29 is 8.42 Å². The zero-order chi connectivity index (χ0) is 14.0. The van der Waals surface area contributed by atoms with Crippen molar-refractivity contribution in [2.45, 2.75) is 36.7 Å². The van der Waals surface area contributed by atoms with Crippen molar-refractivity contribution in [3.05, 3.63) is 30.3 Å². The Morgan fingerprint density at radius 3 is 2.53 bits per heavy atom. The Labute approximate surface area is 119 Å². The molecule has 1 N–H and O–H groups in total. The quantitative estimate of drug-likeness (QED) is 0.530. The molecule has 0 aromatic heterocycles. The Bertz CT molecular complexity index is 434. The van der Waals surface area contributed by atoms with Crippen molar-refractivity contribution in [3.8, 4) is 0 Å². The highest BCUT2D eigenvalue weighted by Crippen LogP contribution is 2.09. The number of rotatable bonds is 10. The van der Waals surface area contributed by atoms with Gasteiger partial charge in [0.25, 0.3) is 0 Å². The van der Waals surface area contributed by atoms with Gasteiger partial charge in [0, 0.05) is 16.1 Å². The molecule has 108 valence electrons. The summed E-state index contributed by atoms with van der Waals surface area (Å²) in [6.45, 7) is 3.73. The molecule has 0 aliphatic carbocycles. The van der Waals surface area contributed by atoms with Gasteiger partial charge in [-0.25, -0.2) is 8.42 Å². The van der Waals surface area contributed by atoms with Crippen LogP contribution in [0.2, 0.25) is 12.1 Å². The summed E-state index contributed by atoms with van der Waals surface area (Å²) in [5, 5.41) is 3.23. The van der Waals surface area contributed by atoms with E-state index < -0.39 is 9.84 Å². The molecule has 0 saturated carbocycles. The summed E-state index contributed by atoms with van der Waals surface area (Å²) in [7, 11) is -2.97. The molecule has 0 radical (unpaired) electrons. The fraction of sp³-hybridized carbons (Fsp3) is 0.571. The normalized spacial score (nSPS) is 12.3. The predicted molar refractivity (Wildman–Crippen MR) is 84.4 cm³/mol. The highest BCUT2D eigenvalue weighted by atomic mass is 32.2. The van der Waals surface area contributed by atoms with Crippen molar-refractivity contribution >= 4 is 19.4 Å². The van der Waals surface area contributed by atoms with Crippen LogP contribution in [0.5, 0.6) is 0 Å². The molecule has 0 bridgehead atoms. The van der Waals surface area contributed by atoms with Crippen LogP contribution in [-0.4, -0.2) is 36.8 Å². The van der Waals surface area contributed by atoms with Gasteiger partial charge in [-0.15, -0.1) is 0 Å². The van der Waals surface area contributed by atoms with Gasteiger partial charge < -0.3 is 5.32 Å². The first-order valence-corrected chi connectivity index (χ1v) is 10.8. The van der Waals surface area contributed by atoms with Gasteiger partial charge in [0.1, 0.15) is 0 Å². The van der Waals surface area contributed by atoms with Gasteiger partial charge in [0.05, 0.1) is 10.6 Å². The van der Waals surface area contributed by atoms with Gasteiger partial charge in [0.15, 0.2) is 9.84 Å². The number of benzene rings is 1. The van der Waals surface area contributed by atoms with Crippen molar-refractivity contribution in [3.63, 3.8) is 0 Å². The molecule has 0 unspecified atom stereocenters. The van der Waals surface area contributed by atoms with E-state index >= 15 is 0 Å². The van der Waals surface area contributed by atoms with Crippen molar-refractivity contribution in [2.75, 3.05) is 18.8 Å². The Morgan fingerprint density at radius 2 is 1.84 bits per heavy atom. The largest absolute Gasteiger partial charge is 0.316 e. The molecular weight excluding hydrogens is 274 g/mol. The van der Waals surface area contributed by atoms with Gasteiger partial charge in [0.2, 0.25) is 0 Å². The van der Waals surface area contributed by atoms with Crippen LogP contribution in [0.25, 0.3) is 0 Å². The third-order valence-corrected chi connectivity index (χ3v) is 7.05. The second kappa shape index (κ2) is 9.28. The van der Waals surface area contributed by atoms with Gasteiger partial charge >= 0.3 is 0 Å². The lowest BCUT2D eigenvalue weighted by Gasteiger charge is -2.06. The van der Waals surface area contributed by atoms with E-state index in [0.717, 1.165) is 6.54 Å². The first-order valence-electron chi connectivity index (χ1n) is 7.15. The Balaban J connectivity index is 2.15. The molecular formula is C14H25NO2SSi. The molecule has 0 heterocycles. The van der Waals surface area contributed by atoms with E-state index in [1.54, 1.807) is 24.3 Å². The van der Waals surface area contributed by atoms with E-state index in [1.165, 1.54) is 24.9 Å². The number of sulfone groups is 1. The third-order valence-electron chi connectivity index (χ3n) is 3.11. The monoisotopic (exact) mass is 299 g/mol. The molecule has 5 heteroatoms. The smallest absolute Gasteiger partial charge is 0.179 e. The molecule has 19 heavy (non-hydrogen) atoms. The molecule has 0 aliphatic heterocycles. The van der Waals surface area contributed by atoms with Crippen LogP contribution in [0.15, 0.2) is 35.2 Å². The molecule has 0 fully saturated rings. The molecule has 3 nitrogen and oxygen atoms in total. The maximum absolute atomic E-state index is 12.0. The number of hydrogen-bond donors (Lipinski definition) is 1. The summed E-state index contributed by atoms with van der Waals surface area (Å²) in [4.78, 5) is 0.423. The van der Waals surface area contributed by atoms with Crippen LogP contribution in [0, 0.1) is 0 Å². The fourth-order valence-corrected chi connectivity index (χ4v) is 4.61. The summed E-state index contributed by atoms with van der Waals surface area (Å²) >= 11 is 0. The summed E-state index contributed by atoms with van der Waals surface area (Å²) in [6.07, 6.45) is 2.51. The summed E-state index contributed by atoms with van der Waals surface area (Å²) in [5.41, 5.74) is 0. The first-order chi connectivity index (χ1) is 9.17. The maximum atomic E-state index is 12.0. The lowest BCUT2D eigenvalue weighted by Crippen LogP contribution is -2.24. The molecule has 0 amide bonds. The molecule has 0 spiro atoms. The minimum atomic E-state index is -3.12. The lowest BCUT2D eigenvalue weighted by molar-refractivity contribution is 0.590. The third kappa shape index (κ3) is 6.89. The minimum absolute atomic E-state index is 0.150. The van der Waals surface area contributed by atoms with Gasteiger partial charge in [-0.05, 0) is 25.1 Å². The Kier molecular flexibility index (Phi) is 8.01. The van der Waals surface area contributed by atoms with Gasteiger partial charge in [-0.2, -0.15) is 0 Å². The van der Waals surface area contributed by atoms with E-state index in [2.05, 4.69) is 12.2 Å². The minimum Gasteiger partial charge on any atom is -0.316 e. The number of nitrogens with one attached hydrogen (secondary N) is 1. The number of hydrogen-bond acceptors (Lipinski definition) is 3. The highest BCUT2D eigenvalue weighted by Gasteiger charge is 2.12. The second-order valence-corrected chi connectivity index (χ2v) is 9.03. The van der Waals surface area contributed by atoms with Crippen LogP contribution in [0.3, 0.4) is 0 Å². The van der Waals surface area contributed by atoms with E-state index in [-0.39, 0.29) is 15.3 Å². The van der Waals surface area contributed by atoms with E-state index in [1.807, 2.05) is 6.07 Å². The van der Waals surface area contributed by atoms with Gasteiger partial charge in [-0.3, -0.25) is 0 Å². The average Bonchev–Trinajstić information content (AvgIpc) is 2.43. The topological polar surface area (TPSA) is 46.2 Å². The van der Waals surface area contributed by atoms with Crippen LogP contribution in [0.4, 0.5) is 0 Å². The van der Waals surface area contributed by atoms with Crippen LogP contribution in [-0.2, 0) is 9.84 Å². The Hall–Kier alpha value is -0.653. The molecule has 1 rings (SSSR count). The second-order valence-electron chi connectivity index (χ2n) is 4.80. The lowest BCUT2D eigenvalue weighted by atomic mass is 10.4. The predicted octanol–water partition coefficient (Wildman–Crippen LogP) is 1.86. The van der Waals surface area contributed by atoms with Crippen LogP contribution in [0.1, 0.15) is 19.8 Å². The highest BCUT2D eigenvalue weighted by molar-refractivity contribution is 7.91. The zero-order valence-corrected chi connectivity index (χ0v) is 14.0. The van der Waals surface area contributed by atoms with Crippen LogP contribution < -0.4 is 5.32 Å². The molecule has 0 atom stereocenters. The van der Waals surface area contributed by atoms with Crippen molar-refractivity contribution in [1.82, 2.24) is 5.32 Å². The molecule has 0 aliphatic rings. The SMILES string of the molecule is CCC[SiH2]CCCNCCS(=O)(=O)c1ccccc1. The first kappa shape index (κ1) is 16.4. The van der Waals surface area contributed by atoms with E-state index in [0.29, 0.717) is 11.4 Å². The standard InChI is InChI=1S/C14H25NO2SSi/c1-2-12-19-13-6-9-15-10-11-18(16,17)14-7-4-3-5-8-14/h3-5,7-8,15H,2,6,9-13,19H2,1H3. The molecule has 1 aromatic rings. The van der Waals surface area contributed by atoms with Crippen LogP contribution >= 0.6 is 0 Å². The molecule has 1 aromatic carbocycles. The van der Waals surface area contributed by atoms with Gasteiger partial charge in [-0.1, -0.05) is 43.6 Å². The maximum Gasteiger partial charge on any atom is 0.179 e. The summed E-state index contributed by atoms with van der Waals surface area (Å²) < 4.78 is 23.9.